The maximum absolute atomic E-state index is 11.4. The highest BCUT2D eigenvalue weighted by Gasteiger charge is 2.48. The standard InChI is InChI=1S/C9H11N3O4/c1-4-11-7(12-16-4)3-10-8(13)5-2-6(5)9(14)15/h5-6H,2-3H2,1H3,(H,10,13)(H,14,15). The zero-order valence-electron chi connectivity index (χ0n) is 8.64. The van der Waals surface area contributed by atoms with Crippen LogP contribution >= 0.6 is 0 Å². The van der Waals surface area contributed by atoms with E-state index < -0.39 is 17.8 Å². The van der Waals surface area contributed by atoms with Crippen molar-refractivity contribution in [3.63, 3.8) is 0 Å². The van der Waals surface area contributed by atoms with Gasteiger partial charge in [0.15, 0.2) is 5.82 Å². The van der Waals surface area contributed by atoms with Gasteiger partial charge in [0, 0.05) is 6.92 Å². The minimum atomic E-state index is -0.921. The highest BCUT2D eigenvalue weighted by Crippen LogP contribution is 2.38. The Hall–Kier alpha value is -1.92. The summed E-state index contributed by atoms with van der Waals surface area (Å²) in [5, 5.41) is 14.8. The van der Waals surface area contributed by atoms with Gasteiger partial charge in [-0.05, 0) is 6.42 Å². The molecule has 0 saturated heterocycles. The molecule has 2 N–H and O–H groups in total. The molecular formula is C9H11N3O4. The van der Waals surface area contributed by atoms with Gasteiger partial charge in [-0.25, -0.2) is 0 Å². The summed E-state index contributed by atoms with van der Waals surface area (Å²) in [5.74, 6) is -1.32. The summed E-state index contributed by atoms with van der Waals surface area (Å²) in [5.41, 5.74) is 0. The van der Waals surface area contributed by atoms with Crippen molar-refractivity contribution >= 4 is 11.9 Å². The molecule has 0 spiro atoms. The third-order valence-corrected chi connectivity index (χ3v) is 2.43. The van der Waals surface area contributed by atoms with E-state index in [2.05, 4.69) is 15.5 Å². The molecule has 1 fully saturated rings. The molecule has 1 heterocycles. The van der Waals surface area contributed by atoms with Crippen LogP contribution in [0.4, 0.5) is 0 Å². The van der Waals surface area contributed by atoms with Gasteiger partial charge >= 0.3 is 5.97 Å². The number of nitrogens with one attached hydrogen (secondary N) is 1. The number of carbonyl (C=O) groups excluding carboxylic acids is 1. The molecule has 0 aromatic carbocycles. The number of hydrogen-bond donors (Lipinski definition) is 2. The molecule has 1 aliphatic rings. The van der Waals surface area contributed by atoms with Crippen LogP contribution in [-0.2, 0) is 16.1 Å². The first kappa shape index (κ1) is 10.6. The Morgan fingerprint density at radius 3 is 2.81 bits per heavy atom. The molecule has 1 aromatic rings. The summed E-state index contributed by atoms with van der Waals surface area (Å²) in [7, 11) is 0. The van der Waals surface area contributed by atoms with Crippen LogP contribution in [0.15, 0.2) is 4.52 Å². The zero-order chi connectivity index (χ0) is 11.7. The number of aromatic nitrogens is 2. The number of aryl methyl sites for hydroxylation is 1. The van der Waals surface area contributed by atoms with Gasteiger partial charge in [0.1, 0.15) is 0 Å². The molecular weight excluding hydrogens is 214 g/mol. The maximum atomic E-state index is 11.4. The van der Waals surface area contributed by atoms with Crippen LogP contribution in [0, 0.1) is 18.8 Å². The first-order chi connectivity index (χ1) is 7.58. The molecule has 2 rings (SSSR count). The quantitative estimate of drug-likeness (QED) is 0.729. The van der Waals surface area contributed by atoms with Crippen molar-refractivity contribution in [1.29, 1.82) is 0 Å². The molecule has 7 heteroatoms. The summed E-state index contributed by atoms with van der Waals surface area (Å²) in [6, 6.07) is 0. The number of nitrogens with zero attached hydrogens (tertiary/aromatic N) is 2. The van der Waals surface area contributed by atoms with E-state index in [4.69, 9.17) is 9.63 Å². The molecule has 1 aliphatic carbocycles. The van der Waals surface area contributed by atoms with E-state index in [-0.39, 0.29) is 12.5 Å². The zero-order valence-corrected chi connectivity index (χ0v) is 8.64. The first-order valence-corrected chi connectivity index (χ1v) is 4.87. The molecule has 0 radical (unpaired) electrons. The van der Waals surface area contributed by atoms with Crippen LogP contribution in [0.5, 0.6) is 0 Å². The van der Waals surface area contributed by atoms with Crippen molar-refractivity contribution in [3.8, 4) is 0 Å². The average molecular weight is 225 g/mol. The van der Waals surface area contributed by atoms with Gasteiger partial charge in [0.2, 0.25) is 11.8 Å². The highest BCUT2D eigenvalue weighted by atomic mass is 16.5. The third-order valence-electron chi connectivity index (χ3n) is 2.43. The summed E-state index contributed by atoms with van der Waals surface area (Å²) < 4.78 is 4.73. The second kappa shape index (κ2) is 3.92. The van der Waals surface area contributed by atoms with Gasteiger partial charge in [0.25, 0.3) is 0 Å². The fraction of sp³-hybridized carbons (Fsp3) is 0.556. The van der Waals surface area contributed by atoms with Crippen LogP contribution in [-0.4, -0.2) is 27.1 Å². The topological polar surface area (TPSA) is 105 Å². The van der Waals surface area contributed by atoms with Crippen molar-refractivity contribution in [3.05, 3.63) is 11.7 Å². The average Bonchev–Trinajstić information content (AvgIpc) is 2.93. The maximum Gasteiger partial charge on any atom is 0.307 e. The molecule has 7 nitrogen and oxygen atoms in total. The van der Waals surface area contributed by atoms with Gasteiger partial charge in [-0.15, -0.1) is 0 Å². The van der Waals surface area contributed by atoms with Crippen molar-refractivity contribution in [2.24, 2.45) is 11.8 Å². The lowest BCUT2D eigenvalue weighted by Crippen LogP contribution is -2.26. The molecule has 16 heavy (non-hydrogen) atoms. The lowest BCUT2D eigenvalue weighted by Gasteiger charge is -1.99. The number of carboxylic acid groups (broad SMARTS) is 1. The van der Waals surface area contributed by atoms with Gasteiger partial charge in [-0.3, -0.25) is 9.59 Å². The largest absolute Gasteiger partial charge is 0.481 e. The van der Waals surface area contributed by atoms with E-state index >= 15 is 0 Å². The smallest absolute Gasteiger partial charge is 0.307 e. The second-order valence-corrected chi connectivity index (χ2v) is 3.73. The Morgan fingerprint density at radius 2 is 2.31 bits per heavy atom. The fourth-order valence-corrected chi connectivity index (χ4v) is 1.47. The number of carbonyl (C=O) groups is 2. The minimum Gasteiger partial charge on any atom is -0.481 e. The molecule has 2 atom stereocenters. The predicted molar refractivity (Wildman–Crippen MR) is 50.1 cm³/mol. The minimum absolute atomic E-state index is 0.166. The van der Waals surface area contributed by atoms with Crippen LogP contribution in [0.3, 0.4) is 0 Å². The number of rotatable bonds is 4. The summed E-state index contributed by atoms with van der Waals surface area (Å²) in [6.07, 6.45) is 0.409. The first-order valence-electron chi connectivity index (χ1n) is 4.87. The Kier molecular flexibility index (Phi) is 2.59. The van der Waals surface area contributed by atoms with Gasteiger partial charge < -0.3 is 14.9 Å². The van der Waals surface area contributed by atoms with Crippen LogP contribution < -0.4 is 5.32 Å². The Balaban J connectivity index is 1.79. The number of amides is 1. The molecule has 1 amide bonds. The summed E-state index contributed by atoms with van der Waals surface area (Å²) >= 11 is 0. The van der Waals surface area contributed by atoms with Gasteiger partial charge in [-0.1, -0.05) is 5.16 Å². The SMILES string of the molecule is Cc1nc(CNC(=O)C2CC2C(=O)O)no1. The van der Waals surface area contributed by atoms with Crippen molar-refractivity contribution in [2.45, 2.75) is 19.9 Å². The number of carboxylic acids is 1. The molecule has 1 aromatic heterocycles. The lowest BCUT2D eigenvalue weighted by molar-refractivity contribution is -0.140. The number of hydrogen-bond acceptors (Lipinski definition) is 5. The Morgan fingerprint density at radius 1 is 1.56 bits per heavy atom. The molecule has 0 bridgehead atoms. The molecule has 0 aliphatic heterocycles. The van der Waals surface area contributed by atoms with E-state index in [1.54, 1.807) is 6.92 Å². The van der Waals surface area contributed by atoms with Gasteiger partial charge in [-0.2, -0.15) is 4.98 Å². The van der Waals surface area contributed by atoms with E-state index in [1.165, 1.54) is 0 Å². The Labute approximate surface area is 90.8 Å². The fourth-order valence-electron chi connectivity index (χ4n) is 1.47. The van der Waals surface area contributed by atoms with E-state index in [1.807, 2.05) is 0 Å². The van der Waals surface area contributed by atoms with E-state index in [0.29, 0.717) is 18.1 Å². The van der Waals surface area contributed by atoms with Crippen molar-refractivity contribution in [2.75, 3.05) is 0 Å². The van der Waals surface area contributed by atoms with Crippen LogP contribution in [0.25, 0.3) is 0 Å². The normalized spacial score (nSPS) is 22.8. The van der Waals surface area contributed by atoms with Crippen LogP contribution in [0.2, 0.25) is 0 Å². The van der Waals surface area contributed by atoms with Crippen LogP contribution in [0.1, 0.15) is 18.1 Å². The second-order valence-electron chi connectivity index (χ2n) is 3.73. The Bertz CT molecular complexity index is 428. The van der Waals surface area contributed by atoms with Gasteiger partial charge in [0.05, 0.1) is 18.4 Å². The lowest BCUT2D eigenvalue weighted by atomic mass is 10.3. The highest BCUT2D eigenvalue weighted by molar-refractivity contribution is 5.89. The molecule has 1 saturated carbocycles. The monoisotopic (exact) mass is 225 g/mol. The predicted octanol–water partition coefficient (Wildman–Crippen LogP) is -0.285. The summed E-state index contributed by atoms with van der Waals surface area (Å²) in [4.78, 5) is 25.9. The molecule has 2 unspecified atom stereocenters. The third kappa shape index (κ3) is 2.18. The van der Waals surface area contributed by atoms with E-state index in [0.717, 1.165) is 0 Å². The number of aliphatic carboxylic acids is 1. The molecule has 86 valence electrons. The van der Waals surface area contributed by atoms with Crippen molar-refractivity contribution < 1.29 is 19.2 Å². The van der Waals surface area contributed by atoms with Crippen molar-refractivity contribution in [1.82, 2.24) is 15.5 Å². The summed E-state index contributed by atoms with van der Waals surface area (Å²) in [6.45, 7) is 1.82. The van der Waals surface area contributed by atoms with E-state index in [9.17, 15) is 9.59 Å².